The zero-order valence-electron chi connectivity index (χ0n) is 12.5. The second-order valence-electron chi connectivity index (χ2n) is 5.22. The van der Waals surface area contributed by atoms with Crippen molar-refractivity contribution in [3.05, 3.63) is 0 Å². The van der Waals surface area contributed by atoms with Gasteiger partial charge in [0.25, 0.3) is 0 Å². The summed E-state index contributed by atoms with van der Waals surface area (Å²) >= 11 is 5.39. The first-order valence-corrected chi connectivity index (χ1v) is 9.69. The highest BCUT2D eigenvalue weighted by molar-refractivity contribution is 7.90. The van der Waals surface area contributed by atoms with E-state index in [1.807, 2.05) is 0 Å². The Bertz CT molecular complexity index is 294. The predicted octanol–water partition coefficient (Wildman–Crippen LogP) is 4.37. The number of hydrogen-bond acceptors (Lipinski definition) is 2. The number of nitrogens with zero attached hydrogens (tertiary/aromatic N) is 1. The van der Waals surface area contributed by atoms with E-state index in [9.17, 15) is 8.42 Å². The number of sulfonamides is 1. The first kappa shape index (κ1) is 19.2. The Morgan fingerprint density at radius 2 is 1.26 bits per heavy atom. The lowest BCUT2D eigenvalue weighted by molar-refractivity contribution is 0.450. The minimum Gasteiger partial charge on any atom is -0.211 e. The molecule has 0 bridgehead atoms. The van der Waals surface area contributed by atoms with Crippen molar-refractivity contribution < 1.29 is 8.42 Å². The Kier molecular flexibility index (Phi) is 12.1. The van der Waals surface area contributed by atoms with E-state index < -0.39 is 10.0 Å². The molecule has 0 fully saturated rings. The van der Waals surface area contributed by atoms with Crippen LogP contribution in [0.5, 0.6) is 0 Å². The second kappa shape index (κ2) is 12.0. The Morgan fingerprint density at radius 3 is 1.68 bits per heavy atom. The van der Waals surface area contributed by atoms with Crippen molar-refractivity contribution >= 4 is 21.6 Å². The maximum Gasteiger partial charge on any atom is 0.227 e. The van der Waals surface area contributed by atoms with E-state index >= 15 is 0 Å². The highest BCUT2D eigenvalue weighted by atomic mass is 35.5. The fourth-order valence-corrected chi connectivity index (χ4v) is 3.12. The Balaban J connectivity index is 3.32. The summed E-state index contributed by atoms with van der Waals surface area (Å²) in [6.45, 7) is 2.83. The fraction of sp³-hybridized carbons (Fsp3) is 1.00. The van der Waals surface area contributed by atoms with Gasteiger partial charge in [0.15, 0.2) is 0 Å². The predicted molar refractivity (Wildman–Crippen MR) is 84.1 cm³/mol. The SMILES string of the molecule is CCCCCCCCCCCCN(C)S(=O)(=O)CCl. The molecule has 19 heavy (non-hydrogen) atoms. The molecule has 116 valence electrons. The van der Waals surface area contributed by atoms with Crippen LogP contribution in [-0.2, 0) is 10.0 Å². The number of alkyl halides is 1. The van der Waals surface area contributed by atoms with Crippen LogP contribution in [0.2, 0.25) is 0 Å². The monoisotopic (exact) mass is 311 g/mol. The second-order valence-corrected chi connectivity index (χ2v) is 7.88. The van der Waals surface area contributed by atoms with Gasteiger partial charge in [0.05, 0.1) is 0 Å². The van der Waals surface area contributed by atoms with Crippen molar-refractivity contribution in [1.82, 2.24) is 4.31 Å². The van der Waals surface area contributed by atoms with E-state index in [1.165, 1.54) is 55.7 Å². The zero-order chi connectivity index (χ0) is 14.6. The van der Waals surface area contributed by atoms with Crippen LogP contribution in [0.25, 0.3) is 0 Å². The molecule has 0 N–H and O–H groups in total. The summed E-state index contributed by atoms with van der Waals surface area (Å²) in [6.07, 6.45) is 12.6. The van der Waals surface area contributed by atoms with Crippen LogP contribution in [-0.4, -0.2) is 31.5 Å². The van der Waals surface area contributed by atoms with Gasteiger partial charge >= 0.3 is 0 Å². The molecular formula is C14H30ClNO2S. The molecule has 0 unspecified atom stereocenters. The molecule has 0 rings (SSSR count). The molecule has 3 nitrogen and oxygen atoms in total. The highest BCUT2D eigenvalue weighted by Gasteiger charge is 2.14. The van der Waals surface area contributed by atoms with Gasteiger partial charge in [-0.25, -0.2) is 12.7 Å². The number of halogens is 1. The molecule has 0 aliphatic heterocycles. The molecule has 5 heteroatoms. The molecule has 0 atom stereocenters. The third-order valence-corrected chi connectivity index (χ3v) is 5.67. The van der Waals surface area contributed by atoms with Crippen LogP contribution >= 0.6 is 11.6 Å². The number of rotatable bonds is 13. The van der Waals surface area contributed by atoms with Crippen LogP contribution in [0, 0.1) is 0 Å². The topological polar surface area (TPSA) is 37.4 Å². The lowest BCUT2D eigenvalue weighted by Gasteiger charge is -2.14. The van der Waals surface area contributed by atoms with Crippen molar-refractivity contribution in [3.63, 3.8) is 0 Å². The minimum atomic E-state index is -3.21. The molecule has 0 aromatic rings. The molecule has 0 aliphatic rings. The Hall–Kier alpha value is 0.200. The van der Waals surface area contributed by atoms with Gasteiger partial charge in [-0.1, -0.05) is 64.7 Å². The van der Waals surface area contributed by atoms with Crippen LogP contribution in [0.4, 0.5) is 0 Å². The Morgan fingerprint density at radius 1 is 0.842 bits per heavy atom. The summed E-state index contributed by atoms with van der Waals surface area (Å²) in [5, 5.41) is -0.318. The van der Waals surface area contributed by atoms with Gasteiger partial charge < -0.3 is 0 Å². The molecule has 0 aliphatic carbocycles. The average molecular weight is 312 g/mol. The van der Waals surface area contributed by atoms with Crippen molar-refractivity contribution in [2.45, 2.75) is 71.1 Å². The van der Waals surface area contributed by atoms with Crippen LogP contribution < -0.4 is 0 Å². The van der Waals surface area contributed by atoms with E-state index in [2.05, 4.69) is 6.92 Å². The van der Waals surface area contributed by atoms with Gasteiger partial charge in [-0.3, -0.25) is 0 Å². The summed E-state index contributed by atoms with van der Waals surface area (Å²) in [7, 11) is -1.61. The molecule has 0 amide bonds. The third-order valence-electron chi connectivity index (χ3n) is 3.44. The summed E-state index contributed by atoms with van der Waals surface area (Å²) in [6, 6.07) is 0. The largest absolute Gasteiger partial charge is 0.227 e. The smallest absolute Gasteiger partial charge is 0.211 e. The quantitative estimate of drug-likeness (QED) is 0.374. The van der Waals surface area contributed by atoms with Crippen LogP contribution in [0.1, 0.15) is 71.1 Å². The first-order valence-electron chi connectivity index (χ1n) is 7.54. The number of unbranched alkanes of at least 4 members (excludes halogenated alkanes) is 9. The maximum atomic E-state index is 11.4. The average Bonchev–Trinajstić information content (AvgIpc) is 2.40. The molecule has 0 spiro atoms. The van der Waals surface area contributed by atoms with Gasteiger partial charge in [0.2, 0.25) is 10.0 Å². The standard InChI is InChI=1S/C14H30ClNO2S/c1-3-4-5-6-7-8-9-10-11-12-13-16(2)19(17,18)14-15/h3-14H2,1-2H3. The summed E-state index contributed by atoms with van der Waals surface area (Å²) in [4.78, 5) is 0. The van der Waals surface area contributed by atoms with Crippen molar-refractivity contribution in [1.29, 1.82) is 0 Å². The van der Waals surface area contributed by atoms with Crippen LogP contribution in [0.3, 0.4) is 0 Å². The van der Waals surface area contributed by atoms with E-state index in [1.54, 1.807) is 7.05 Å². The van der Waals surface area contributed by atoms with E-state index in [0.29, 0.717) is 6.54 Å². The molecular weight excluding hydrogens is 282 g/mol. The molecule has 0 saturated carbocycles. The van der Waals surface area contributed by atoms with Gasteiger partial charge in [-0.05, 0) is 6.42 Å². The van der Waals surface area contributed by atoms with Gasteiger partial charge in [0.1, 0.15) is 5.21 Å². The summed E-state index contributed by atoms with van der Waals surface area (Å²) in [5.41, 5.74) is 0. The minimum absolute atomic E-state index is 0.318. The van der Waals surface area contributed by atoms with Gasteiger partial charge in [0, 0.05) is 13.6 Å². The van der Waals surface area contributed by atoms with Crippen molar-refractivity contribution in [3.8, 4) is 0 Å². The van der Waals surface area contributed by atoms with Crippen LogP contribution in [0.15, 0.2) is 0 Å². The van der Waals surface area contributed by atoms with Gasteiger partial charge in [-0.15, -0.1) is 11.6 Å². The maximum absolute atomic E-state index is 11.4. The summed E-state index contributed by atoms with van der Waals surface area (Å²) in [5.74, 6) is 0. The summed E-state index contributed by atoms with van der Waals surface area (Å²) < 4.78 is 24.1. The van der Waals surface area contributed by atoms with E-state index in [0.717, 1.165) is 12.8 Å². The third kappa shape index (κ3) is 10.6. The highest BCUT2D eigenvalue weighted by Crippen LogP contribution is 2.11. The van der Waals surface area contributed by atoms with Gasteiger partial charge in [-0.2, -0.15) is 0 Å². The zero-order valence-corrected chi connectivity index (χ0v) is 14.1. The molecule has 0 radical (unpaired) electrons. The van der Waals surface area contributed by atoms with E-state index in [-0.39, 0.29) is 5.21 Å². The molecule has 0 saturated heterocycles. The van der Waals surface area contributed by atoms with Crippen molar-refractivity contribution in [2.75, 3.05) is 18.8 Å². The molecule has 0 aromatic heterocycles. The molecule has 0 aromatic carbocycles. The van der Waals surface area contributed by atoms with E-state index in [4.69, 9.17) is 11.6 Å². The first-order chi connectivity index (χ1) is 9.04. The lowest BCUT2D eigenvalue weighted by Crippen LogP contribution is -2.28. The Labute approximate surface area is 124 Å². The normalized spacial score (nSPS) is 12.2. The lowest BCUT2D eigenvalue weighted by atomic mass is 10.1. The fourth-order valence-electron chi connectivity index (χ4n) is 2.04. The number of hydrogen-bond donors (Lipinski definition) is 0. The molecule has 0 heterocycles. The van der Waals surface area contributed by atoms with Crippen molar-refractivity contribution in [2.24, 2.45) is 0 Å².